The van der Waals surface area contributed by atoms with Crippen LogP contribution in [0.1, 0.15) is 59.2 Å². The molecule has 1 N–H and O–H groups in total. The quantitative estimate of drug-likeness (QED) is 0.168. The number of fused-ring (bicyclic) bond motifs is 3. The minimum Gasteiger partial charge on any atom is -0.493 e. The molecule has 0 radical (unpaired) electrons. The topological polar surface area (TPSA) is 91.0 Å². The Labute approximate surface area is 284 Å². The fourth-order valence-corrected chi connectivity index (χ4v) is 7.42. The van der Waals surface area contributed by atoms with Gasteiger partial charge in [0.2, 0.25) is 0 Å². The number of aromatic nitrogens is 3. The highest BCUT2D eigenvalue weighted by Crippen LogP contribution is 2.43. The molecule has 0 bridgehead atoms. The predicted octanol–water partition coefficient (Wildman–Crippen LogP) is 7.07. The van der Waals surface area contributed by atoms with Crippen molar-refractivity contribution in [1.82, 2.24) is 19.2 Å². The molecule has 9 nitrogen and oxygen atoms in total. The molecule has 0 saturated carbocycles. The highest BCUT2D eigenvalue weighted by molar-refractivity contribution is 6.04. The summed E-state index contributed by atoms with van der Waals surface area (Å²) in [6.45, 7) is 7.07. The maximum atomic E-state index is 16.3. The molecule has 2 aromatic heterocycles. The summed E-state index contributed by atoms with van der Waals surface area (Å²) in [6.07, 6.45) is 2.67. The molecule has 1 saturated heterocycles. The van der Waals surface area contributed by atoms with E-state index in [1.807, 2.05) is 32.2 Å². The van der Waals surface area contributed by atoms with E-state index in [1.54, 1.807) is 21.4 Å². The average molecular weight is 673 g/mol. The fraction of sp³-hybridized carbons (Fsp3) is 0.421. The molecule has 2 aliphatic rings. The summed E-state index contributed by atoms with van der Waals surface area (Å²) in [6, 6.07) is 13.3. The van der Waals surface area contributed by atoms with Crippen molar-refractivity contribution < 1.29 is 32.9 Å². The first-order valence-corrected chi connectivity index (χ1v) is 17.1. The zero-order chi connectivity index (χ0) is 34.1. The van der Waals surface area contributed by atoms with Gasteiger partial charge >= 0.3 is 5.97 Å². The summed E-state index contributed by atoms with van der Waals surface area (Å²) in [4.78, 5) is 15.4. The molecule has 0 spiro atoms. The van der Waals surface area contributed by atoms with Crippen molar-refractivity contribution in [3.8, 4) is 16.9 Å². The number of halogens is 2. The molecular formula is C38H42F2N4O5. The van der Waals surface area contributed by atoms with Gasteiger partial charge in [0, 0.05) is 67.4 Å². The number of carbonyl (C=O) groups is 1. The lowest BCUT2D eigenvalue weighted by molar-refractivity contribution is 0.00973. The van der Waals surface area contributed by atoms with E-state index < -0.39 is 11.8 Å². The van der Waals surface area contributed by atoms with Crippen molar-refractivity contribution in [3.05, 3.63) is 82.8 Å². The maximum absolute atomic E-state index is 16.3. The van der Waals surface area contributed by atoms with Crippen LogP contribution in [0.3, 0.4) is 0 Å². The monoisotopic (exact) mass is 672 g/mol. The van der Waals surface area contributed by atoms with Gasteiger partial charge in [0.15, 0.2) is 0 Å². The largest absolute Gasteiger partial charge is 0.493 e. The summed E-state index contributed by atoms with van der Waals surface area (Å²) >= 11 is 0. The normalized spacial score (nSPS) is 17.3. The Balaban J connectivity index is 1.26. The lowest BCUT2D eigenvalue weighted by atomic mass is 9.95. The Bertz CT molecular complexity index is 2000. The van der Waals surface area contributed by atoms with E-state index in [0.29, 0.717) is 97.7 Å². The van der Waals surface area contributed by atoms with Gasteiger partial charge in [-0.15, -0.1) is 0 Å². The number of nitrogens with zero attached hydrogens (tertiary/aromatic N) is 4. The molecule has 1 unspecified atom stereocenters. The van der Waals surface area contributed by atoms with Crippen LogP contribution in [0.4, 0.5) is 8.78 Å². The van der Waals surface area contributed by atoms with Crippen molar-refractivity contribution >= 4 is 27.6 Å². The van der Waals surface area contributed by atoms with Gasteiger partial charge in [0.1, 0.15) is 29.2 Å². The minimum absolute atomic E-state index is 0.176. The van der Waals surface area contributed by atoms with Crippen LogP contribution in [0.15, 0.2) is 48.5 Å². The van der Waals surface area contributed by atoms with E-state index in [2.05, 4.69) is 4.90 Å². The first-order chi connectivity index (χ1) is 23.8. The number of hydrogen-bond donors (Lipinski definition) is 1. The smallest absolute Gasteiger partial charge is 0.352 e. The van der Waals surface area contributed by atoms with Gasteiger partial charge in [-0.3, -0.25) is 9.58 Å². The zero-order valence-electron chi connectivity index (χ0n) is 28.0. The fourth-order valence-electron chi connectivity index (χ4n) is 7.42. The maximum Gasteiger partial charge on any atom is 0.352 e. The molecule has 1 atom stereocenters. The van der Waals surface area contributed by atoms with Gasteiger partial charge in [-0.25, -0.2) is 13.6 Å². The number of morpholine rings is 1. The lowest BCUT2D eigenvalue weighted by Crippen LogP contribution is -2.37. The molecule has 0 aliphatic carbocycles. The first-order valence-electron chi connectivity index (χ1n) is 17.1. The van der Waals surface area contributed by atoms with Crippen molar-refractivity contribution in [3.63, 3.8) is 0 Å². The molecule has 11 heteroatoms. The molecule has 4 heterocycles. The van der Waals surface area contributed by atoms with Crippen LogP contribution in [0, 0.1) is 18.6 Å². The Morgan fingerprint density at radius 2 is 1.84 bits per heavy atom. The number of benzene rings is 3. The van der Waals surface area contributed by atoms with E-state index in [1.165, 1.54) is 18.2 Å². The molecule has 258 valence electrons. The highest BCUT2D eigenvalue weighted by atomic mass is 19.1. The van der Waals surface area contributed by atoms with Gasteiger partial charge in [0.05, 0.1) is 31.0 Å². The summed E-state index contributed by atoms with van der Waals surface area (Å²) in [5.41, 5.74) is 3.91. The van der Waals surface area contributed by atoms with E-state index in [0.717, 1.165) is 42.5 Å². The summed E-state index contributed by atoms with van der Waals surface area (Å²) < 4.78 is 51.9. The number of rotatable bonds is 9. The number of carboxylic acids is 1. The van der Waals surface area contributed by atoms with Crippen LogP contribution in [-0.2, 0) is 29.5 Å². The molecule has 49 heavy (non-hydrogen) atoms. The number of aromatic carboxylic acids is 1. The van der Waals surface area contributed by atoms with Crippen molar-refractivity contribution in [2.24, 2.45) is 7.05 Å². The van der Waals surface area contributed by atoms with Gasteiger partial charge < -0.3 is 23.9 Å². The Kier molecular flexibility index (Phi) is 9.66. The molecule has 0 amide bonds. The molecule has 3 aromatic carbocycles. The molecule has 1 fully saturated rings. The predicted molar refractivity (Wildman–Crippen MR) is 183 cm³/mol. The van der Waals surface area contributed by atoms with Crippen LogP contribution >= 0.6 is 0 Å². The standard InChI is InChI=1S/C38H42F2N4O5/c1-24-33-34-30(40)13-12-29-28(8-6-20-48-31-9-5-7-25-23-26(39)10-11-27(25)31)37(38(45)46)44(36(29)34)15-3-4-19-49-32(35(33)41-42(24)2)14-16-43-17-21-47-22-18-43/h5,7,9-13,23,32H,3-4,6,8,14-22H2,1-2H3,(H,45,46). The lowest BCUT2D eigenvalue weighted by Gasteiger charge is -2.28. The van der Waals surface area contributed by atoms with Crippen molar-refractivity contribution in [1.29, 1.82) is 0 Å². The summed E-state index contributed by atoms with van der Waals surface area (Å²) in [5.74, 6) is -1.14. The number of aryl methyl sites for hydroxylation is 3. The van der Waals surface area contributed by atoms with Crippen LogP contribution in [0.2, 0.25) is 0 Å². The Morgan fingerprint density at radius 3 is 2.65 bits per heavy atom. The second-order valence-electron chi connectivity index (χ2n) is 13.0. The molecule has 5 aromatic rings. The molecular weight excluding hydrogens is 630 g/mol. The van der Waals surface area contributed by atoms with Crippen molar-refractivity contribution in [2.75, 3.05) is 46.1 Å². The van der Waals surface area contributed by atoms with E-state index in [-0.39, 0.29) is 17.6 Å². The summed E-state index contributed by atoms with van der Waals surface area (Å²) in [7, 11) is 1.85. The second kappa shape index (κ2) is 14.3. The zero-order valence-corrected chi connectivity index (χ0v) is 28.0. The Hall–Kier alpha value is -4.32. The Morgan fingerprint density at radius 1 is 1.02 bits per heavy atom. The molecule has 2 aliphatic heterocycles. The number of ether oxygens (including phenoxy) is 3. The van der Waals surface area contributed by atoms with Gasteiger partial charge in [-0.05, 0) is 86.4 Å². The van der Waals surface area contributed by atoms with E-state index in [4.69, 9.17) is 19.3 Å². The van der Waals surface area contributed by atoms with Gasteiger partial charge in [-0.2, -0.15) is 5.10 Å². The minimum atomic E-state index is -1.05. The molecule has 7 rings (SSSR count). The average Bonchev–Trinajstić information content (AvgIpc) is 3.56. The first kappa shape index (κ1) is 33.2. The van der Waals surface area contributed by atoms with Crippen LogP contribution in [-0.4, -0.2) is 76.4 Å². The third-order valence-electron chi connectivity index (χ3n) is 9.93. The number of hydrogen-bond acceptors (Lipinski definition) is 6. The van der Waals surface area contributed by atoms with Crippen LogP contribution in [0.5, 0.6) is 5.75 Å². The third kappa shape index (κ3) is 6.54. The van der Waals surface area contributed by atoms with E-state index in [9.17, 15) is 14.3 Å². The number of carboxylic acid groups (broad SMARTS) is 1. The third-order valence-corrected chi connectivity index (χ3v) is 9.93. The van der Waals surface area contributed by atoms with E-state index >= 15 is 4.39 Å². The van der Waals surface area contributed by atoms with Gasteiger partial charge in [-0.1, -0.05) is 12.1 Å². The second-order valence-corrected chi connectivity index (χ2v) is 13.0. The summed E-state index contributed by atoms with van der Waals surface area (Å²) in [5, 5.41) is 17.8. The van der Waals surface area contributed by atoms with Gasteiger partial charge in [0.25, 0.3) is 0 Å². The van der Waals surface area contributed by atoms with Crippen LogP contribution < -0.4 is 4.74 Å². The SMILES string of the molecule is Cc1c2c(nn1C)C(CCN1CCOCC1)OCCCCn1c(C(=O)O)c(CCCOc3cccc4cc(F)ccc34)c3ccc(F)c-2c31. The van der Waals surface area contributed by atoms with Crippen molar-refractivity contribution in [2.45, 2.75) is 51.7 Å². The highest BCUT2D eigenvalue weighted by Gasteiger charge is 2.32. The van der Waals surface area contributed by atoms with Crippen LogP contribution in [0.25, 0.3) is 32.8 Å².